The number of benzene rings is 3. The van der Waals surface area contributed by atoms with Crippen LogP contribution in [-0.2, 0) is 17.9 Å². The summed E-state index contributed by atoms with van der Waals surface area (Å²) in [7, 11) is 0. The summed E-state index contributed by atoms with van der Waals surface area (Å²) in [6, 6.07) is 17.4. The van der Waals surface area contributed by atoms with Crippen LogP contribution in [0.2, 0.25) is 15.1 Å². The molecule has 0 unspecified atom stereocenters. The summed E-state index contributed by atoms with van der Waals surface area (Å²) in [6.45, 7) is 0.266. The Morgan fingerprint density at radius 3 is 2.49 bits per heavy atom. The third-order valence-corrected chi connectivity index (χ3v) is 7.56. The number of fused-ring (bicyclic) bond motifs is 1. The van der Waals surface area contributed by atoms with Crippen molar-refractivity contribution in [1.29, 1.82) is 0 Å². The van der Waals surface area contributed by atoms with Crippen LogP contribution in [0, 0.1) is 5.82 Å². The lowest BCUT2D eigenvalue weighted by molar-refractivity contribution is -0.123. The maximum atomic E-state index is 14.2. The molecule has 0 spiro atoms. The van der Waals surface area contributed by atoms with Crippen LogP contribution in [0.5, 0.6) is 0 Å². The lowest BCUT2D eigenvalue weighted by Crippen LogP contribution is -2.28. The van der Waals surface area contributed by atoms with E-state index >= 15 is 0 Å². The predicted octanol–water partition coefficient (Wildman–Crippen LogP) is 8.03. The number of rotatable bonds is 5. The van der Waals surface area contributed by atoms with E-state index in [1.54, 1.807) is 18.2 Å². The SMILES string of the molecule is O=C1S/C(=C\c2cn(Cc3ccc(Cl)cc3Cl)c3ccccc23)C(=O)N1Cc1c(F)cccc1Cl. The highest BCUT2D eigenvalue weighted by Gasteiger charge is 2.36. The van der Waals surface area contributed by atoms with Gasteiger partial charge in [0.05, 0.1) is 11.4 Å². The van der Waals surface area contributed by atoms with E-state index in [0.29, 0.717) is 16.6 Å². The standard InChI is InChI=1S/C26H16Cl3FN2O2S/c27-17-9-8-15(21(29)11-17)12-31-13-16(18-4-1-2-7-23(18)31)10-24-25(33)32(26(34)35-24)14-19-20(28)5-3-6-22(19)30/h1-11,13H,12,14H2/b24-10-. The number of para-hydroxylation sites is 1. The van der Waals surface area contributed by atoms with Gasteiger partial charge in [-0.05, 0) is 53.7 Å². The number of thioether (sulfide) groups is 1. The van der Waals surface area contributed by atoms with Gasteiger partial charge in [0.2, 0.25) is 0 Å². The molecule has 1 fully saturated rings. The number of carbonyl (C=O) groups is 2. The van der Waals surface area contributed by atoms with E-state index < -0.39 is 17.0 Å². The zero-order valence-electron chi connectivity index (χ0n) is 18.0. The molecule has 3 aromatic carbocycles. The number of nitrogens with zero attached hydrogens (tertiary/aromatic N) is 2. The number of hydrogen-bond acceptors (Lipinski definition) is 3. The van der Waals surface area contributed by atoms with Gasteiger partial charge in [-0.15, -0.1) is 0 Å². The molecule has 1 saturated heterocycles. The van der Waals surface area contributed by atoms with Crippen LogP contribution in [0.4, 0.5) is 9.18 Å². The van der Waals surface area contributed by atoms with Crippen LogP contribution in [0.1, 0.15) is 16.7 Å². The Balaban J connectivity index is 1.48. The van der Waals surface area contributed by atoms with Crippen molar-refractivity contribution < 1.29 is 14.0 Å². The first-order valence-electron chi connectivity index (χ1n) is 10.5. The first-order chi connectivity index (χ1) is 16.8. The van der Waals surface area contributed by atoms with Crippen LogP contribution in [0.3, 0.4) is 0 Å². The van der Waals surface area contributed by atoms with Crippen molar-refractivity contribution in [2.24, 2.45) is 0 Å². The zero-order valence-corrected chi connectivity index (χ0v) is 21.1. The first-order valence-corrected chi connectivity index (χ1v) is 12.5. The Morgan fingerprint density at radius 1 is 0.914 bits per heavy atom. The van der Waals surface area contributed by atoms with E-state index in [1.807, 2.05) is 41.1 Å². The van der Waals surface area contributed by atoms with Crippen molar-refractivity contribution >= 4 is 74.7 Å². The summed E-state index contributed by atoms with van der Waals surface area (Å²) in [5.41, 5.74) is 2.72. The van der Waals surface area contributed by atoms with Crippen molar-refractivity contribution in [3.63, 3.8) is 0 Å². The molecule has 1 aliphatic rings. The molecule has 0 saturated carbocycles. The Hall–Kier alpha value is -2.77. The van der Waals surface area contributed by atoms with Crippen molar-refractivity contribution in [1.82, 2.24) is 9.47 Å². The third-order valence-electron chi connectivity index (χ3n) is 5.71. The predicted molar refractivity (Wildman–Crippen MR) is 140 cm³/mol. The molecular weight excluding hydrogens is 530 g/mol. The quantitative estimate of drug-likeness (QED) is 0.238. The second kappa shape index (κ2) is 9.70. The van der Waals surface area contributed by atoms with Gasteiger partial charge in [-0.2, -0.15) is 0 Å². The molecule has 0 bridgehead atoms. The summed E-state index contributed by atoms with van der Waals surface area (Å²) in [5, 5.41) is 1.73. The summed E-state index contributed by atoms with van der Waals surface area (Å²) < 4.78 is 16.3. The first kappa shape index (κ1) is 23.9. The van der Waals surface area contributed by atoms with Crippen molar-refractivity contribution in [3.8, 4) is 0 Å². The largest absolute Gasteiger partial charge is 0.342 e. The van der Waals surface area contributed by atoms with Crippen molar-refractivity contribution in [2.75, 3.05) is 0 Å². The van der Waals surface area contributed by atoms with Gasteiger partial charge in [-0.1, -0.05) is 65.1 Å². The monoisotopic (exact) mass is 544 g/mol. The van der Waals surface area contributed by atoms with E-state index in [2.05, 4.69) is 0 Å². The highest BCUT2D eigenvalue weighted by Crippen LogP contribution is 2.36. The van der Waals surface area contributed by atoms with Crippen LogP contribution >= 0.6 is 46.6 Å². The van der Waals surface area contributed by atoms with Gasteiger partial charge in [-0.3, -0.25) is 14.5 Å². The molecule has 2 amide bonds. The van der Waals surface area contributed by atoms with Crippen LogP contribution in [0.25, 0.3) is 17.0 Å². The van der Waals surface area contributed by atoms with Crippen LogP contribution < -0.4 is 0 Å². The average molecular weight is 546 g/mol. The van der Waals surface area contributed by atoms with Crippen molar-refractivity contribution in [3.05, 3.63) is 109 Å². The molecule has 9 heteroatoms. The van der Waals surface area contributed by atoms with Crippen molar-refractivity contribution in [2.45, 2.75) is 13.1 Å². The highest BCUT2D eigenvalue weighted by molar-refractivity contribution is 8.18. The normalized spacial score (nSPS) is 15.1. The number of amides is 2. The van der Waals surface area contributed by atoms with E-state index in [4.69, 9.17) is 34.8 Å². The fourth-order valence-corrected chi connectivity index (χ4v) is 5.49. The molecule has 0 atom stereocenters. The maximum Gasteiger partial charge on any atom is 0.293 e. The molecule has 2 heterocycles. The molecule has 0 radical (unpaired) electrons. The van der Waals surface area contributed by atoms with Gasteiger partial charge >= 0.3 is 0 Å². The fourth-order valence-electron chi connectivity index (χ4n) is 3.97. The number of hydrogen-bond donors (Lipinski definition) is 0. The van der Waals surface area contributed by atoms with E-state index in [1.165, 1.54) is 18.2 Å². The number of aromatic nitrogens is 1. The lowest BCUT2D eigenvalue weighted by Gasteiger charge is -2.14. The summed E-state index contributed by atoms with van der Waals surface area (Å²) in [5.74, 6) is -1.05. The smallest absolute Gasteiger partial charge is 0.293 e. The molecular formula is C26H16Cl3FN2O2S. The second-order valence-electron chi connectivity index (χ2n) is 7.93. The summed E-state index contributed by atoms with van der Waals surface area (Å²) in [6.07, 6.45) is 3.60. The molecule has 1 aromatic heterocycles. The van der Waals surface area contributed by atoms with Crippen LogP contribution in [0.15, 0.2) is 71.8 Å². The lowest BCUT2D eigenvalue weighted by atomic mass is 10.1. The molecule has 0 aliphatic carbocycles. The Morgan fingerprint density at radius 2 is 1.71 bits per heavy atom. The summed E-state index contributed by atoms with van der Waals surface area (Å²) in [4.78, 5) is 27.0. The number of halogens is 4. The molecule has 1 aliphatic heterocycles. The summed E-state index contributed by atoms with van der Waals surface area (Å²) >= 11 is 19.3. The van der Waals surface area contributed by atoms with Crippen LogP contribution in [-0.4, -0.2) is 20.6 Å². The number of carbonyl (C=O) groups excluding carboxylic acids is 2. The molecule has 0 N–H and O–H groups in total. The highest BCUT2D eigenvalue weighted by atomic mass is 35.5. The molecule has 4 nitrogen and oxygen atoms in total. The van der Waals surface area contributed by atoms with E-state index in [-0.39, 0.29) is 22.0 Å². The second-order valence-corrected chi connectivity index (χ2v) is 10.2. The fraction of sp³-hybridized carbons (Fsp3) is 0.0769. The van der Waals surface area contributed by atoms with E-state index in [0.717, 1.165) is 38.7 Å². The van der Waals surface area contributed by atoms with E-state index in [9.17, 15) is 14.0 Å². The van der Waals surface area contributed by atoms with Gasteiger partial charge < -0.3 is 4.57 Å². The molecule has 35 heavy (non-hydrogen) atoms. The number of imide groups is 1. The van der Waals surface area contributed by atoms with Gasteiger partial charge in [0, 0.05) is 49.8 Å². The van der Waals surface area contributed by atoms with Gasteiger partial charge in [0.1, 0.15) is 5.82 Å². The Kier molecular flexibility index (Phi) is 6.64. The molecule has 176 valence electrons. The van der Waals surface area contributed by atoms with Gasteiger partial charge in [0.25, 0.3) is 11.1 Å². The topological polar surface area (TPSA) is 42.3 Å². The average Bonchev–Trinajstić information content (AvgIpc) is 3.30. The molecule has 4 aromatic rings. The Labute approximate surface area is 219 Å². The van der Waals surface area contributed by atoms with Gasteiger partial charge in [0.15, 0.2) is 0 Å². The minimum absolute atomic E-state index is 0.106. The minimum atomic E-state index is -0.565. The maximum absolute atomic E-state index is 14.2. The minimum Gasteiger partial charge on any atom is -0.342 e. The third kappa shape index (κ3) is 4.71. The molecule has 5 rings (SSSR count). The Bertz CT molecular complexity index is 1510. The zero-order chi connectivity index (χ0) is 24.7. The van der Waals surface area contributed by atoms with Gasteiger partial charge in [-0.25, -0.2) is 4.39 Å².